The van der Waals surface area contributed by atoms with E-state index in [4.69, 9.17) is 9.47 Å². The van der Waals surface area contributed by atoms with Gasteiger partial charge < -0.3 is 25.4 Å². The number of imidazole rings is 1. The van der Waals surface area contributed by atoms with Gasteiger partial charge in [0, 0.05) is 43.2 Å². The predicted molar refractivity (Wildman–Crippen MR) is 148 cm³/mol. The summed E-state index contributed by atoms with van der Waals surface area (Å²) in [5.41, 5.74) is 1.45. The van der Waals surface area contributed by atoms with Gasteiger partial charge >= 0.3 is 12.2 Å². The molecule has 14 heteroatoms. The summed E-state index contributed by atoms with van der Waals surface area (Å²) in [7, 11) is 0. The van der Waals surface area contributed by atoms with E-state index >= 15 is 0 Å². The van der Waals surface area contributed by atoms with Crippen molar-refractivity contribution >= 4 is 34.4 Å². The van der Waals surface area contributed by atoms with Crippen molar-refractivity contribution in [2.24, 2.45) is 0 Å². The topological polar surface area (TPSA) is 118 Å². The highest BCUT2D eigenvalue weighted by Crippen LogP contribution is 2.38. The van der Waals surface area contributed by atoms with E-state index in [9.17, 15) is 18.0 Å². The standard InChI is InChI=1S/C27H29F3N8O3/c1-2-31-24-23-25(33-16-32-24)38(17-34-23)20-6-3-18(4-7-20)35-26(39)36-19-5-8-22(21(15-19)27(28,29)30)41-14-11-37-9-12-40-13-10-37/h3-8,15-17H,2,9-14H2,1H3,(H,31,32,33)(H2,35,36,39). The molecule has 0 radical (unpaired) electrons. The maximum atomic E-state index is 13.8. The number of amides is 2. The van der Waals surface area contributed by atoms with Crippen molar-refractivity contribution in [3.05, 3.63) is 60.7 Å². The third-order valence-corrected chi connectivity index (χ3v) is 6.39. The second-order valence-corrected chi connectivity index (χ2v) is 9.18. The van der Waals surface area contributed by atoms with Crippen molar-refractivity contribution in [3.63, 3.8) is 0 Å². The smallest absolute Gasteiger partial charge is 0.420 e. The SMILES string of the molecule is CCNc1ncnc2c1ncn2-c1ccc(NC(=O)Nc2ccc(OCCN3CCOCC3)c(C(F)(F)F)c2)cc1. The molecule has 5 rings (SSSR count). The van der Waals surface area contributed by atoms with Crippen molar-refractivity contribution in [2.75, 3.05) is 62.0 Å². The number of hydrogen-bond acceptors (Lipinski definition) is 8. The third-order valence-electron chi connectivity index (χ3n) is 6.39. The number of alkyl halides is 3. The number of aromatic nitrogens is 4. The summed E-state index contributed by atoms with van der Waals surface area (Å²) < 4.78 is 53.8. The number of ether oxygens (including phenoxy) is 2. The number of hydrogen-bond donors (Lipinski definition) is 3. The number of nitrogens with zero attached hydrogens (tertiary/aromatic N) is 5. The summed E-state index contributed by atoms with van der Waals surface area (Å²) in [6.45, 7) is 5.85. The number of anilines is 3. The predicted octanol–water partition coefficient (Wildman–Crippen LogP) is 4.62. The van der Waals surface area contributed by atoms with E-state index in [0.29, 0.717) is 62.1 Å². The molecule has 41 heavy (non-hydrogen) atoms. The Labute approximate surface area is 233 Å². The first-order valence-electron chi connectivity index (χ1n) is 13.1. The van der Waals surface area contributed by atoms with Crippen LogP contribution in [0.25, 0.3) is 16.9 Å². The molecule has 0 aliphatic carbocycles. The van der Waals surface area contributed by atoms with Crippen LogP contribution in [0.4, 0.5) is 35.2 Å². The van der Waals surface area contributed by atoms with Crippen molar-refractivity contribution < 1.29 is 27.4 Å². The van der Waals surface area contributed by atoms with E-state index in [0.717, 1.165) is 11.8 Å². The molecule has 3 heterocycles. The zero-order chi connectivity index (χ0) is 28.8. The van der Waals surface area contributed by atoms with Crippen LogP contribution in [0, 0.1) is 0 Å². The second-order valence-electron chi connectivity index (χ2n) is 9.18. The highest BCUT2D eigenvalue weighted by molar-refractivity contribution is 6.00. The zero-order valence-electron chi connectivity index (χ0n) is 22.2. The Morgan fingerprint density at radius 1 is 1.02 bits per heavy atom. The fraction of sp³-hybridized carbons (Fsp3) is 0.333. The first kappa shape index (κ1) is 28.1. The lowest BCUT2D eigenvalue weighted by Gasteiger charge is -2.26. The highest BCUT2D eigenvalue weighted by atomic mass is 19.4. The minimum atomic E-state index is -4.66. The molecule has 1 fully saturated rings. The molecular formula is C27H29F3N8O3. The third kappa shape index (κ3) is 6.84. The Balaban J connectivity index is 1.22. The molecule has 0 bridgehead atoms. The van der Waals surface area contributed by atoms with Crippen LogP contribution in [0.5, 0.6) is 5.75 Å². The van der Waals surface area contributed by atoms with Crippen molar-refractivity contribution in [2.45, 2.75) is 13.1 Å². The molecular weight excluding hydrogens is 541 g/mol. The number of nitrogens with one attached hydrogen (secondary N) is 3. The monoisotopic (exact) mass is 570 g/mol. The molecule has 0 spiro atoms. The molecule has 0 saturated carbocycles. The number of morpholine rings is 1. The Hall–Kier alpha value is -4.43. The van der Waals surface area contributed by atoms with Crippen LogP contribution in [0.3, 0.4) is 0 Å². The summed E-state index contributed by atoms with van der Waals surface area (Å²) >= 11 is 0. The molecule has 3 N–H and O–H groups in total. The van der Waals surface area contributed by atoms with Gasteiger partial charge in [-0.05, 0) is 49.4 Å². The Morgan fingerprint density at radius 2 is 1.76 bits per heavy atom. The normalized spacial score (nSPS) is 14.1. The molecule has 4 aromatic rings. The first-order valence-corrected chi connectivity index (χ1v) is 13.1. The molecule has 2 aromatic heterocycles. The average Bonchev–Trinajstić information content (AvgIpc) is 3.39. The number of carbonyl (C=O) groups excluding carboxylic acids is 1. The molecule has 0 unspecified atom stereocenters. The Morgan fingerprint density at radius 3 is 2.49 bits per heavy atom. The minimum absolute atomic E-state index is 0.0203. The Bertz CT molecular complexity index is 1490. The largest absolute Gasteiger partial charge is 0.492 e. The molecule has 1 aliphatic heterocycles. The van der Waals surface area contributed by atoms with Gasteiger partial charge in [-0.3, -0.25) is 9.47 Å². The van der Waals surface area contributed by atoms with Gasteiger partial charge in [0.1, 0.15) is 25.0 Å². The van der Waals surface area contributed by atoms with E-state index in [-0.39, 0.29) is 18.0 Å². The van der Waals surface area contributed by atoms with Crippen molar-refractivity contribution in [3.8, 4) is 11.4 Å². The van der Waals surface area contributed by atoms with Crippen molar-refractivity contribution in [1.29, 1.82) is 0 Å². The van der Waals surface area contributed by atoms with E-state index in [1.807, 2.05) is 6.92 Å². The number of rotatable bonds is 9. The lowest BCUT2D eigenvalue weighted by atomic mass is 10.1. The van der Waals surface area contributed by atoms with Crippen molar-refractivity contribution in [1.82, 2.24) is 24.4 Å². The maximum Gasteiger partial charge on any atom is 0.420 e. The van der Waals surface area contributed by atoms with E-state index in [1.165, 1.54) is 18.5 Å². The molecule has 1 aliphatic rings. The molecule has 11 nitrogen and oxygen atoms in total. The minimum Gasteiger partial charge on any atom is -0.492 e. The van der Waals surface area contributed by atoms with Crippen LogP contribution in [-0.4, -0.2) is 76.4 Å². The summed E-state index contributed by atoms with van der Waals surface area (Å²) in [5, 5.41) is 8.23. The molecule has 2 aromatic carbocycles. The highest BCUT2D eigenvalue weighted by Gasteiger charge is 2.35. The summed E-state index contributed by atoms with van der Waals surface area (Å²) in [6.07, 6.45) is -1.58. The zero-order valence-corrected chi connectivity index (χ0v) is 22.2. The maximum absolute atomic E-state index is 13.8. The number of fused-ring (bicyclic) bond motifs is 1. The van der Waals surface area contributed by atoms with Gasteiger partial charge in [0.15, 0.2) is 17.0 Å². The number of urea groups is 1. The van der Waals surface area contributed by atoms with Gasteiger partial charge in [-0.2, -0.15) is 13.2 Å². The van der Waals surface area contributed by atoms with Gasteiger partial charge in [0.05, 0.1) is 18.8 Å². The number of carbonyl (C=O) groups is 1. The van der Waals surface area contributed by atoms with Gasteiger partial charge in [-0.25, -0.2) is 19.7 Å². The molecule has 1 saturated heterocycles. The van der Waals surface area contributed by atoms with E-state index in [1.54, 1.807) is 35.2 Å². The van der Waals surface area contributed by atoms with E-state index < -0.39 is 17.8 Å². The van der Waals surface area contributed by atoms with Crippen LogP contribution in [-0.2, 0) is 10.9 Å². The lowest BCUT2D eigenvalue weighted by Crippen LogP contribution is -2.38. The molecule has 0 atom stereocenters. The fourth-order valence-corrected chi connectivity index (χ4v) is 4.38. The van der Waals surface area contributed by atoms with Gasteiger partial charge in [0.25, 0.3) is 0 Å². The summed E-state index contributed by atoms with van der Waals surface area (Å²) in [6, 6.07) is 9.61. The van der Waals surface area contributed by atoms with Crippen LogP contribution < -0.4 is 20.7 Å². The second kappa shape index (κ2) is 12.4. The average molecular weight is 571 g/mol. The van der Waals surface area contributed by atoms with Crippen LogP contribution in [0.15, 0.2) is 55.1 Å². The first-order chi connectivity index (χ1) is 19.8. The summed E-state index contributed by atoms with van der Waals surface area (Å²) in [5.74, 6) is 0.342. The number of benzene rings is 2. The fourth-order valence-electron chi connectivity index (χ4n) is 4.38. The van der Waals surface area contributed by atoms with Gasteiger partial charge in [-0.15, -0.1) is 0 Å². The van der Waals surface area contributed by atoms with Crippen LogP contribution in [0.2, 0.25) is 0 Å². The number of halogens is 3. The van der Waals surface area contributed by atoms with Crippen LogP contribution in [0.1, 0.15) is 12.5 Å². The molecule has 2 amide bonds. The Kier molecular flexibility index (Phi) is 8.50. The van der Waals surface area contributed by atoms with Gasteiger partial charge in [-0.1, -0.05) is 0 Å². The van der Waals surface area contributed by atoms with Gasteiger partial charge in [0.2, 0.25) is 0 Å². The van der Waals surface area contributed by atoms with E-state index in [2.05, 4.69) is 35.8 Å². The van der Waals surface area contributed by atoms with Crippen LogP contribution >= 0.6 is 0 Å². The lowest BCUT2D eigenvalue weighted by molar-refractivity contribution is -0.138. The quantitative estimate of drug-likeness (QED) is 0.267. The molecule has 216 valence electrons. The summed E-state index contributed by atoms with van der Waals surface area (Å²) in [4.78, 5) is 27.6.